The second-order valence-corrected chi connectivity index (χ2v) is 4.09. The first-order chi connectivity index (χ1) is 8.22. The molecule has 0 aromatic carbocycles. The molecule has 2 aromatic rings. The Kier molecular flexibility index (Phi) is 3.58. The number of rotatable bonds is 4. The van der Waals surface area contributed by atoms with E-state index in [0.717, 1.165) is 18.7 Å². The number of hydrogen-bond acceptors (Lipinski definition) is 3. The molecule has 0 spiro atoms. The van der Waals surface area contributed by atoms with Crippen LogP contribution in [0.1, 0.15) is 19.0 Å². The summed E-state index contributed by atoms with van der Waals surface area (Å²) in [6.07, 6.45) is 7.69. The lowest BCUT2D eigenvalue weighted by Gasteiger charge is -2.08. The van der Waals surface area contributed by atoms with Crippen LogP contribution in [0.15, 0.2) is 29.7 Å². The molecule has 2 aromatic heterocycles. The summed E-state index contributed by atoms with van der Waals surface area (Å²) in [4.78, 5) is 19.5. The van der Waals surface area contributed by atoms with Gasteiger partial charge in [0, 0.05) is 25.1 Å². The molecule has 0 N–H and O–H groups in total. The van der Waals surface area contributed by atoms with Crippen LogP contribution in [0.5, 0.6) is 0 Å². The molecule has 5 nitrogen and oxygen atoms in total. The number of imidazole rings is 1. The minimum Gasteiger partial charge on any atom is -0.333 e. The number of aryl methyl sites for hydroxylation is 1. The predicted molar refractivity (Wildman–Crippen MR) is 65.1 cm³/mol. The van der Waals surface area contributed by atoms with Crippen LogP contribution in [0.25, 0.3) is 0 Å². The lowest BCUT2D eigenvalue weighted by molar-refractivity contribution is 0.615. The zero-order valence-electron chi connectivity index (χ0n) is 9.51. The maximum atomic E-state index is 11.7. The molecule has 0 saturated heterocycles. The molecule has 0 aliphatic carbocycles. The number of nitrogens with zero attached hydrogens (tertiary/aromatic N) is 4. The summed E-state index contributed by atoms with van der Waals surface area (Å²) in [5.74, 6) is 0. The standard InChI is InChI=1S/C11H13ClN4O/c1-2-4-16-8-13-6-9(16)7-15-5-3-14-10(12)11(15)17/h3,5-6,8H,2,4,7H2,1H3. The molecule has 0 unspecified atom stereocenters. The van der Waals surface area contributed by atoms with Crippen LogP contribution in [0, 0.1) is 0 Å². The molecule has 6 heteroatoms. The van der Waals surface area contributed by atoms with E-state index < -0.39 is 0 Å². The minimum absolute atomic E-state index is 0.00550. The van der Waals surface area contributed by atoms with Crippen molar-refractivity contribution in [3.8, 4) is 0 Å². The van der Waals surface area contributed by atoms with E-state index in [9.17, 15) is 4.79 Å². The normalized spacial score (nSPS) is 10.7. The maximum absolute atomic E-state index is 11.7. The molecule has 0 aliphatic rings. The van der Waals surface area contributed by atoms with Crippen LogP contribution >= 0.6 is 11.6 Å². The monoisotopic (exact) mass is 252 g/mol. The van der Waals surface area contributed by atoms with E-state index in [1.54, 1.807) is 18.7 Å². The SMILES string of the molecule is CCCn1cncc1Cn1ccnc(Cl)c1=O. The molecule has 0 aliphatic heterocycles. The number of halogens is 1. The molecule has 0 bridgehead atoms. The van der Waals surface area contributed by atoms with Gasteiger partial charge in [-0.05, 0) is 6.42 Å². The third-order valence-corrected chi connectivity index (χ3v) is 2.73. The van der Waals surface area contributed by atoms with Gasteiger partial charge in [-0.15, -0.1) is 0 Å². The van der Waals surface area contributed by atoms with E-state index in [-0.39, 0.29) is 10.7 Å². The van der Waals surface area contributed by atoms with Crippen LogP contribution in [-0.2, 0) is 13.1 Å². The first-order valence-corrected chi connectivity index (χ1v) is 5.80. The molecule has 0 radical (unpaired) electrons. The van der Waals surface area contributed by atoms with Crippen molar-refractivity contribution in [1.82, 2.24) is 19.1 Å². The molecule has 90 valence electrons. The summed E-state index contributed by atoms with van der Waals surface area (Å²) in [7, 11) is 0. The Balaban J connectivity index is 2.28. The van der Waals surface area contributed by atoms with E-state index in [1.165, 1.54) is 10.8 Å². The van der Waals surface area contributed by atoms with Gasteiger partial charge in [-0.3, -0.25) is 4.79 Å². The molecule has 2 rings (SSSR count). The third kappa shape index (κ3) is 2.55. The molecule has 2 heterocycles. The lowest BCUT2D eigenvalue weighted by atomic mass is 10.4. The Morgan fingerprint density at radius 3 is 3.00 bits per heavy atom. The van der Waals surface area contributed by atoms with Gasteiger partial charge in [0.25, 0.3) is 5.56 Å². The summed E-state index contributed by atoms with van der Waals surface area (Å²) in [6.45, 7) is 3.45. The van der Waals surface area contributed by atoms with Crippen LogP contribution in [0.3, 0.4) is 0 Å². The second kappa shape index (κ2) is 5.14. The fourth-order valence-electron chi connectivity index (χ4n) is 1.64. The molecular formula is C11H13ClN4O. The van der Waals surface area contributed by atoms with Gasteiger partial charge in [0.15, 0.2) is 5.15 Å². The molecule has 0 atom stereocenters. The van der Waals surface area contributed by atoms with Crippen molar-refractivity contribution in [2.24, 2.45) is 0 Å². The Labute approximate surface area is 104 Å². The van der Waals surface area contributed by atoms with Crippen LogP contribution in [0.2, 0.25) is 5.15 Å². The van der Waals surface area contributed by atoms with Crippen molar-refractivity contribution in [3.05, 3.63) is 46.1 Å². The summed E-state index contributed by atoms with van der Waals surface area (Å²) >= 11 is 5.69. The van der Waals surface area contributed by atoms with Gasteiger partial charge in [0.2, 0.25) is 0 Å². The Morgan fingerprint density at radius 2 is 2.24 bits per heavy atom. The Hall–Kier alpha value is -1.62. The zero-order chi connectivity index (χ0) is 12.3. The van der Waals surface area contributed by atoms with E-state index >= 15 is 0 Å². The van der Waals surface area contributed by atoms with Gasteiger partial charge >= 0.3 is 0 Å². The van der Waals surface area contributed by atoms with Crippen molar-refractivity contribution in [3.63, 3.8) is 0 Å². The average Bonchev–Trinajstić information content (AvgIpc) is 2.73. The van der Waals surface area contributed by atoms with Crippen LogP contribution in [-0.4, -0.2) is 19.1 Å². The topological polar surface area (TPSA) is 52.7 Å². The van der Waals surface area contributed by atoms with E-state index in [2.05, 4.69) is 16.9 Å². The van der Waals surface area contributed by atoms with Gasteiger partial charge in [-0.2, -0.15) is 0 Å². The predicted octanol–water partition coefficient (Wildman–Crippen LogP) is 1.55. The Morgan fingerprint density at radius 1 is 1.41 bits per heavy atom. The highest BCUT2D eigenvalue weighted by Crippen LogP contribution is 2.03. The molecular weight excluding hydrogens is 240 g/mol. The van der Waals surface area contributed by atoms with Gasteiger partial charge in [0.05, 0.1) is 18.6 Å². The first-order valence-electron chi connectivity index (χ1n) is 5.42. The highest BCUT2D eigenvalue weighted by molar-refractivity contribution is 6.29. The highest BCUT2D eigenvalue weighted by Gasteiger charge is 2.06. The lowest BCUT2D eigenvalue weighted by Crippen LogP contribution is -2.22. The van der Waals surface area contributed by atoms with Gasteiger partial charge < -0.3 is 9.13 Å². The summed E-state index contributed by atoms with van der Waals surface area (Å²) in [5.41, 5.74) is 0.703. The first kappa shape index (κ1) is 11.9. The van der Waals surface area contributed by atoms with Gasteiger partial charge in [0.1, 0.15) is 0 Å². The van der Waals surface area contributed by atoms with Crippen molar-refractivity contribution in [2.45, 2.75) is 26.4 Å². The quantitative estimate of drug-likeness (QED) is 0.830. The van der Waals surface area contributed by atoms with Gasteiger partial charge in [-0.25, -0.2) is 9.97 Å². The average molecular weight is 253 g/mol. The van der Waals surface area contributed by atoms with E-state index in [4.69, 9.17) is 11.6 Å². The fourth-order valence-corrected chi connectivity index (χ4v) is 1.81. The van der Waals surface area contributed by atoms with Crippen molar-refractivity contribution in [1.29, 1.82) is 0 Å². The van der Waals surface area contributed by atoms with Crippen molar-refractivity contribution < 1.29 is 0 Å². The molecule has 0 fully saturated rings. The smallest absolute Gasteiger partial charge is 0.288 e. The summed E-state index contributed by atoms with van der Waals surface area (Å²) in [6, 6.07) is 0. The van der Waals surface area contributed by atoms with E-state index in [1.807, 2.05) is 4.57 Å². The van der Waals surface area contributed by atoms with Crippen molar-refractivity contribution in [2.75, 3.05) is 0 Å². The zero-order valence-corrected chi connectivity index (χ0v) is 10.3. The molecule has 0 saturated carbocycles. The number of hydrogen-bond donors (Lipinski definition) is 0. The summed E-state index contributed by atoms with van der Waals surface area (Å²) in [5, 5.41) is -0.00550. The van der Waals surface area contributed by atoms with Crippen LogP contribution in [0.4, 0.5) is 0 Å². The molecule has 17 heavy (non-hydrogen) atoms. The maximum Gasteiger partial charge on any atom is 0.288 e. The van der Waals surface area contributed by atoms with Crippen molar-refractivity contribution >= 4 is 11.6 Å². The summed E-state index contributed by atoms with van der Waals surface area (Å²) < 4.78 is 3.55. The number of aromatic nitrogens is 4. The largest absolute Gasteiger partial charge is 0.333 e. The second-order valence-electron chi connectivity index (χ2n) is 3.73. The molecule has 0 amide bonds. The Bertz CT molecular complexity index is 561. The fraction of sp³-hybridized carbons (Fsp3) is 0.364. The minimum atomic E-state index is -0.279. The van der Waals surface area contributed by atoms with Gasteiger partial charge in [-0.1, -0.05) is 18.5 Å². The van der Waals surface area contributed by atoms with E-state index in [0.29, 0.717) is 6.54 Å². The van der Waals surface area contributed by atoms with Crippen LogP contribution < -0.4 is 5.56 Å². The highest BCUT2D eigenvalue weighted by atomic mass is 35.5. The third-order valence-electron chi connectivity index (χ3n) is 2.47.